The zero-order chi connectivity index (χ0) is 15.4. The molecule has 1 aromatic carbocycles. The van der Waals surface area contributed by atoms with E-state index in [-0.39, 0.29) is 16.4 Å². The predicted octanol–water partition coefficient (Wildman–Crippen LogP) is 5.02. The molecule has 116 valence electrons. The SMILES string of the molecule is CC1CCC(CCNc2cc(F)c(Cl)cc2[N+](=O)[O-])CC1. The van der Waals surface area contributed by atoms with Gasteiger partial charge in [0.1, 0.15) is 11.5 Å². The van der Waals surface area contributed by atoms with Crippen molar-refractivity contribution in [3.63, 3.8) is 0 Å². The number of hydrogen-bond acceptors (Lipinski definition) is 3. The van der Waals surface area contributed by atoms with Crippen molar-refractivity contribution in [2.24, 2.45) is 11.8 Å². The van der Waals surface area contributed by atoms with Crippen LogP contribution in [0.4, 0.5) is 15.8 Å². The fourth-order valence-electron chi connectivity index (χ4n) is 2.86. The quantitative estimate of drug-likeness (QED) is 0.613. The van der Waals surface area contributed by atoms with Crippen LogP contribution in [0.3, 0.4) is 0 Å². The summed E-state index contributed by atoms with van der Waals surface area (Å²) in [7, 11) is 0. The molecule has 1 N–H and O–H groups in total. The minimum atomic E-state index is -0.642. The maximum atomic E-state index is 13.5. The van der Waals surface area contributed by atoms with Crippen LogP contribution >= 0.6 is 11.6 Å². The molecule has 0 radical (unpaired) electrons. The highest BCUT2D eigenvalue weighted by Crippen LogP contribution is 2.32. The minimum Gasteiger partial charge on any atom is -0.379 e. The Morgan fingerprint density at radius 3 is 2.67 bits per heavy atom. The molecule has 0 spiro atoms. The number of nitrogens with zero attached hydrogens (tertiary/aromatic N) is 1. The maximum absolute atomic E-state index is 13.5. The van der Waals surface area contributed by atoms with Gasteiger partial charge >= 0.3 is 0 Å². The number of anilines is 1. The zero-order valence-electron chi connectivity index (χ0n) is 12.1. The molecular weight excluding hydrogens is 295 g/mol. The summed E-state index contributed by atoms with van der Waals surface area (Å²) in [5.74, 6) is 0.821. The van der Waals surface area contributed by atoms with E-state index in [1.54, 1.807) is 0 Å². The third kappa shape index (κ3) is 4.30. The Labute approximate surface area is 128 Å². The number of rotatable bonds is 5. The van der Waals surface area contributed by atoms with E-state index in [1.165, 1.54) is 25.7 Å². The van der Waals surface area contributed by atoms with Crippen molar-refractivity contribution in [1.82, 2.24) is 0 Å². The van der Waals surface area contributed by atoms with Crippen LogP contribution in [0.1, 0.15) is 39.0 Å². The summed E-state index contributed by atoms with van der Waals surface area (Å²) in [6, 6.07) is 2.16. The molecule has 1 aliphatic rings. The monoisotopic (exact) mass is 314 g/mol. The van der Waals surface area contributed by atoms with Gasteiger partial charge in [-0.2, -0.15) is 0 Å². The van der Waals surface area contributed by atoms with Crippen LogP contribution in [0.25, 0.3) is 0 Å². The number of benzene rings is 1. The summed E-state index contributed by atoms with van der Waals surface area (Å²) in [4.78, 5) is 10.4. The van der Waals surface area contributed by atoms with Crippen LogP contribution in [0.5, 0.6) is 0 Å². The number of hydrogen-bond donors (Lipinski definition) is 1. The molecule has 1 aliphatic carbocycles. The Kier molecular flexibility index (Phi) is 5.39. The minimum absolute atomic E-state index is 0.182. The summed E-state index contributed by atoms with van der Waals surface area (Å²) in [6.07, 6.45) is 5.87. The molecule has 0 aromatic heterocycles. The van der Waals surface area contributed by atoms with Crippen molar-refractivity contribution in [2.75, 3.05) is 11.9 Å². The standard InChI is InChI=1S/C15H20ClFN2O2/c1-10-2-4-11(5-3-10)6-7-18-14-9-13(17)12(16)8-15(14)19(20)21/h8-11,18H,2-7H2,1H3. The predicted molar refractivity (Wildman–Crippen MR) is 82.3 cm³/mol. The first kappa shape index (κ1) is 16.0. The lowest BCUT2D eigenvalue weighted by Crippen LogP contribution is -2.16. The van der Waals surface area contributed by atoms with E-state index in [0.717, 1.165) is 24.5 Å². The third-order valence-electron chi connectivity index (χ3n) is 4.24. The molecule has 1 fully saturated rings. The normalized spacial score (nSPS) is 22.0. The Morgan fingerprint density at radius 1 is 1.38 bits per heavy atom. The molecule has 1 aromatic rings. The lowest BCUT2D eigenvalue weighted by atomic mass is 9.81. The average Bonchev–Trinajstić information content (AvgIpc) is 2.44. The molecule has 0 aliphatic heterocycles. The van der Waals surface area contributed by atoms with E-state index in [1.807, 2.05) is 0 Å². The Hall–Kier alpha value is -1.36. The molecule has 0 amide bonds. The van der Waals surface area contributed by atoms with Gasteiger partial charge < -0.3 is 5.32 Å². The van der Waals surface area contributed by atoms with E-state index in [2.05, 4.69) is 12.2 Å². The Morgan fingerprint density at radius 2 is 2.05 bits per heavy atom. The van der Waals surface area contributed by atoms with Crippen molar-refractivity contribution in [3.05, 3.63) is 33.1 Å². The van der Waals surface area contributed by atoms with Gasteiger partial charge in [0.05, 0.1) is 9.95 Å². The van der Waals surface area contributed by atoms with E-state index < -0.39 is 10.7 Å². The third-order valence-corrected chi connectivity index (χ3v) is 4.53. The molecule has 21 heavy (non-hydrogen) atoms. The van der Waals surface area contributed by atoms with Gasteiger partial charge in [-0.25, -0.2) is 4.39 Å². The smallest absolute Gasteiger partial charge is 0.294 e. The topological polar surface area (TPSA) is 55.2 Å². The van der Waals surface area contributed by atoms with E-state index in [4.69, 9.17) is 11.6 Å². The molecule has 4 nitrogen and oxygen atoms in total. The largest absolute Gasteiger partial charge is 0.379 e. The lowest BCUT2D eigenvalue weighted by molar-refractivity contribution is -0.384. The fourth-order valence-corrected chi connectivity index (χ4v) is 3.02. The summed E-state index contributed by atoms with van der Waals surface area (Å²) in [5.41, 5.74) is 0.0183. The van der Waals surface area contributed by atoms with E-state index >= 15 is 0 Å². The van der Waals surface area contributed by atoms with Crippen LogP contribution in [-0.2, 0) is 0 Å². The lowest BCUT2D eigenvalue weighted by Gasteiger charge is -2.26. The van der Waals surface area contributed by atoms with Crippen molar-refractivity contribution < 1.29 is 9.31 Å². The molecule has 0 atom stereocenters. The first-order valence-electron chi connectivity index (χ1n) is 7.34. The number of nitrogens with one attached hydrogen (secondary N) is 1. The van der Waals surface area contributed by atoms with Crippen LogP contribution in [0.15, 0.2) is 12.1 Å². The first-order chi connectivity index (χ1) is 9.97. The molecule has 0 unspecified atom stereocenters. The summed E-state index contributed by atoms with van der Waals surface area (Å²) in [5, 5.41) is 13.7. The van der Waals surface area contributed by atoms with Gasteiger partial charge in [0, 0.05) is 18.7 Å². The van der Waals surface area contributed by atoms with Gasteiger partial charge in [0.15, 0.2) is 0 Å². The maximum Gasteiger partial charge on any atom is 0.294 e. The van der Waals surface area contributed by atoms with Crippen LogP contribution < -0.4 is 5.32 Å². The van der Waals surface area contributed by atoms with Gasteiger partial charge in [-0.15, -0.1) is 0 Å². The summed E-state index contributed by atoms with van der Waals surface area (Å²) in [6.45, 7) is 2.88. The highest BCUT2D eigenvalue weighted by molar-refractivity contribution is 6.31. The molecule has 0 heterocycles. The molecular formula is C15H20ClFN2O2. The van der Waals surface area contributed by atoms with Gasteiger partial charge in [-0.05, 0) is 18.3 Å². The van der Waals surface area contributed by atoms with Crippen LogP contribution in [0, 0.1) is 27.8 Å². The van der Waals surface area contributed by atoms with E-state index in [9.17, 15) is 14.5 Å². The second-order valence-corrected chi connectivity index (χ2v) is 6.29. The van der Waals surface area contributed by atoms with Crippen molar-refractivity contribution in [2.45, 2.75) is 39.0 Å². The highest BCUT2D eigenvalue weighted by Gasteiger charge is 2.20. The van der Waals surface area contributed by atoms with Crippen molar-refractivity contribution >= 4 is 23.0 Å². The summed E-state index contributed by atoms with van der Waals surface area (Å²) >= 11 is 5.59. The Balaban J connectivity index is 1.93. The van der Waals surface area contributed by atoms with Crippen molar-refractivity contribution in [3.8, 4) is 0 Å². The average molecular weight is 315 g/mol. The van der Waals surface area contributed by atoms with E-state index in [0.29, 0.717) is 12.5 Å². The zero-order valence-corrected chi connectivity index (χ0v) is 12.8. The van der Waals surface area contributed by atoms with Crippen molar-refractivity contribution in [1.29, 1.82) is 0 Å². The number of halogens is 2. The fraction of sp³-hybridized carbons (Fsp3) is 0.600. The van der Waals surface area contributed by atoms with Gasteiger partial charge in [-0.1, -0.05) is 44.2 Å². The summed E-state index contributed by atoms with van der Waals surface area (Å²) < 4.78 is 13.5. The second kappa shape index (κ2) is 7.07. The van der Waals surface area contributed by atoms with Gasteiger partial charge in [-0.3, -0.25) is 10.1 Å². The number of nitro benzene ring substituents is 1. The van der Waals surface area contributed by atoms with Gasteiger partial charge in [0.25, 0.3) is 5.69 Å². The molecule has 0 bridgehead atoms. The van der Waals surface area contributed by atoms with Crippen LogP contribution in [0.2, 0.25) is 5.02 Å². The van der Waals surface area contributed by atoms with Gasteiger partial charge in [0.2, 0.25) is 0 Å². The molecule has 6 heteroatoms. The number of nitro groups is 1. The second-order valence-electron chi connectivity index (χ2n) is 5.88. The Bertz CT molecular complexity index is 517. The molecule has 2 rings (SSSR count). The highest BCUT2D eigenvalue weighted by atomic mass is 35.5. The molecule has 0 saturated heterocycles. The molecule has 1 saturated carbocycles. The van der Waals surface area contributed by atoms with Crippen LogP contribution in [-0.4, -0.2) is 11.5 Å². The first-order valence-corrected chi connectivity index (χ1v) is 7.72.